The van der Waals surface area contributed by atoms with Gasteiger partial charge in [-0.05, 0) is 24.5 Å². The van der Waals surface area contributed by atoms with E-state index in [4.69, 9.17) is 4.74 Å². The first kappa shape index (κ1) is 14.3. The lowest BCUT2D eigenvalue weighted by molar-refractivity contribution is 0.0982. The Hall–Kier alpha value is -2.09. The minimum atomic E-state index is 0.177. The molecule has 2 heteroatoms. The molecular formula is C18H20O2. The third kappa shape index (κ3) is 3.95. The van der Waals surface area contributed by atoms with Gasteiger partial charge in [-0.25, -0.2) is 0 Å². The molecule has 0 aliphatic carbocycles. The molecule has 0 aliphatic heterocycles. The Morgan fingerprint density at radius 3 is 2.45 bits per heavy atom. The highest BCUT2D eigenvalue weighted by Crippen LogP contribution is 2.20. The fraction of sp³-hybridized carbons (Fsp3) is 0.278. The van der Waals surface area contributed by atoms with Gasteiger partial charge < -0.3 is 4.74 Å². The molecule has 0 radical (unpaired) electrons. The number of carbonyl (C=O) groups excluding carboxylic acids is 1. The molecule has 2 rings (SSSR count). The van der Waals surface area contributed by atoms with E-state index >= 15 is 0 Å². The molecule has 0 N–H and O–H groups in total. The van der Waals surface area contributed by atoms with E-state index in [1.165, 1.54) is 0 Å². The number of para-hydroxylation sites is 1. The number of ether oxygens (including phenoxy) is 1. The maximum Gasteiger partial charge on any atom is 0.163 e. The first-order chi connectivity index (χ1) is 9.81. The third-order valence-electron chi connectivity index (χ3n) is 3.15. The summed E-state index contributed by atoms with van der Waals surface area (Å²) in [6.45, 7) is 2.80. The molecule has 2 aromatic rings. The number of benzene rings is 2. The first-order valence-corrected chi connectivity index (χ1v) is 7.10. The van der Waals surface area contributed by atoms with Gasteiger partial charge in [-0.2, -0.15) is 0 Å². The standard InChI is InChI=1S/C18H20O2/c1-2-14-20-18-11-7-6-10-16(18)12-13-17(19)15-8-4-3-5-9-15/h3-11H,2,12-14H2,1H3. The van der Waals surface area contributed by atoms with Crippen LogP contribution in [-0.2, 0) is 6.42 Å². The van der Waals surface area contributed by atoms with Crippen LogP contribution in [0, 0.1) is 0 Å². The number of Topliss-reactive ketones (excluding diaryl/α,β-unsaturated/α-hetero) is 1. The van der Waals surface area contributed by atoms with E-state index in [0.29, 0.717) is 19.4 Å². The van der Waals surface area contributed by atoms with E-state index in [1.807, 2.05) is 54.6 Å². The minimum absolute atomic E-state index is 0.177. The van der Waals surface area contributed by atoms with Gasteiger partial charge in [-0.3, -0.25) is 4.79 Å². The highest BCUT2D eigenvalue weighted by Gasteiger charge is 2.08. The van der Waals surface area contributed by atoms with Crippen LogP contribution >= 0.6 is 0 Å². The van der Waals surface area contributed by atoms with Gasteiger partial charge in [0.25, 0.3) is 0 Å². The van der Waals surface area contributed by atoms with Crippen molar-refractivity contribution in [1.29, 1.82) is 0 Å². The van der Waals surface area contributed by atoms with Crippen LogP contribution in [-0.4, -0.2) is 12.4 Å². The molecule has 0 unspecified atom stereocenters. The van der Waals surface area contributed by atoms with E-state index in [1.54, 1.807) is 0 Å². The summed E-state index contributed by atoms with van der Waals surface area (Å²) in [5, 5.41) is 0. The fourth-order valence-corrected chi connectivity index (χ4v) is 2.08. The highest BCUT2D eigenvalue weighted by molar-refractivity contribution is 5.96. The quantitative estimate of drug-likeness (QED) is 0.700. The molecule has 0 fully saturated rings. The molecule has 2 nitrogen and oxygen atoms in total. The van der Waals surface area contributed by atoms with Crippen molar-refractivity contribution >= 4 is 5.78 Å². The van der Waals surface area contributed by atoms with Crippen molar-refractivity contribution in [2.24, 2.45) is 0 Å². The Morgan fingerprint density at radius 2 is 1.70 bits per heavy atom. The number of rotatable bonds is 7. The minimum Gasteiger partial charge on any atom is -0.493 e. The van der Waals surface area contributed by atoms with Gasteiger partial charge in [0.15, 0.2) is 5.78 Å². The number of aryl methyl sites for hydroxylation is 1. The Kier molecular flexibility index (Phi) is 5.36. The largest absolute Gasteiger partial charge is 0.493 e. The van der Waals surface area contributed by atoms with Crippen LogP contribution < -0.4 is 4.74 Å². The summed E-state index contributed by atoms with van der Waals surface area (Å²) in [6.07, 6.45) is 2.21. The van der Waals surface area contributed by atoms with Crippen molar-refractivity contribution in [3.05, 3.63) is 65.7 Å². The molecule has 0 heterocycles. The van der Waals surface area contributed by atoms with Gasteiger partial charge >= 0.3 is 0 Å². The van der Waals surface area contributed by atoms with Gasteiger partial charge in [-0.1, -0.05) is 55.5 Å². The molecule has 0 bridgehead atoms. The lowest BCUT2D eigenvalue weighted by atomic mass is 10.0. The van der Waals surface area contributed by atoms with Crippen LogP contribution in [0.15, 0.2) is 54.6 Å². The summed E-state index contributed by atoms with van der Waals surface area (Å²) >= 11 is 0. The van der Waals surface area contributed by atoms with E-state index in [9.17, 15) is 4.79 Å². The molecule has 20 heavy (non-hydrogen) atoms. The Bertz CT molecular complexity index is 546. The van der Waals surface area contributed by atoms with Gasteiger partial charge in [0.1, 0.15) is 5.75 Å². The van der Waals surface area contributed by atoms with Gasteiger partial charge in [0.2, 0.25) is 0 Å². The summed E-state index contributed by atoms with van der Waals surface area (Å²) in [4.78, 5) is 12.1. The van der Waals surface area contributed by atoms with Crippen molar-refractivity contribution in [3.63, 3.8) is 0 Å². The van der Waals surface area contributed by atoms with Gasteiger partial charge in [-0.15, -0.1) is 0 Å². The summed E-state index contributed by atoms with van der Waals surface area (Å²) in [5.41, 5.74) is 1.88. The van der Waals surface area contributed by atoms with Crippen LogP contribution in [0.3, 0.4) is 0 Å². The monoisotopic (exact) mass is 268 g/mol. The van der Waals surface area contributed by atoms with Crippen molar-refractivity contribution < 1.29 is 9.53 Å². The predicted molar refractivity (Wildman–Crippen MR) is 81.3 cm³/mol. The normalized spacial score (nSPS) is 10.2. The number of carbonyl (C=O) groups is 1. The molecule has 0 spiro atoms. The maximum absolute atomic E-state index is 12.1. The second kappa shape index (κ2) is 7.49. The second-order valence-corrected chi connectivity index (χ2v) is 4.75. The van der Waals surface area contributed by atoms with Crippen LogP contribution in [0.25, 0.3) is 0 Å². The van der Waals surface area contributed by atoms with Crippen molar-refractivity contribution in [2.45, 2.75) is 26.2 Å². The van der Waals surface area contributed by atoms with Crippen LogP contribution in [0.4, 0.5) is 0 Å². The molecular weight excluding hydrogens is 248 g/mol. The van der Waals surface area contributed by atoms with Crippen LogP contribution in [0.1, 0.15) is 35.7 Å². The predicted octanol–water partition coefficient (Wildman–Crippen LogP) is 4.29. The van der Waals surface area contributed by atoms with Crippen LogP contribution in [0.5, 0.6) is 5.75 Å². The second-order valence-electron chi connectivity index (χ2n) is 4.75. The molecule has 0 atom stereocenters. The number of ketones is 1. The number of hydrogen-bond acceptors (Lipinski definition) is 2. The average molecular weight is 268 g/mol. The lowest BCUT2D eigenvalue weighted by Gasteiger charge is -2.10. The Balaban J connectivity index is 1.98. The van der Waals surface area contributed by atoms with Crippen molar-refractivity contribution in [1.82, 2.24) is 0 Å². The molecule has 0 saturated carbocycles. The fourth-order valence-electron chi connectivity index (χ4n) is 2.08. The SMILES string of the molecule is CCCOc1ccccc1CCC(=O)c1ccccc1. The van der Waals surface area contributed by atoms with E-state index in [0.717, 1.165) is 23.3 Å². The highest BCUT2D eigenvalue weighted by atomic mass is 16.5. The van der Waals surface area contributed by atoms with Crippen molar-refractivity contribution in [3.8, 4) is 5.75 Å². The van der Waals surface area contributed by atoms with E-state index in [2.05, 4.69) is 6.92 Å². The topological polar surface area (TPSA) is 26.3 Å². The maximum atomic E-state index is 12.1. The molecule has 104 valence electrons. The summed E-state index contributed by atoms with van der Waals surface area (Å²) in [5.74, 6) is 1.08. The molecule has 0 saturated heterocycles. The molecule has 0 aromatic heterocycles. The lowest BCUT2D eigenvalue weighted by Crippen LogP contribution is -2.03. The van der Waals surface area contributed by atoms with Crippen molar-refractivity contribution in [2.75, 3.05) is 6.61 Å². The third-order valence-corrected chi connectivity index (χ3v) is 3.15. The Morgan fingerprint density at radius 1 is 1.00 bits per heavy atom. The van der Waals surface area contributed by atoms with Gasteiger partial charge in [0.05, 0.1) is 6.61 Å². The molecule has 2 aromatic carbocycles. The Labute approximate surface area is 120 Å². The van der Waals surface area contributed by atoms with E-state index in [-0.39, 0.29) is 5.78 Å². The zero-order valence-electron chi connectivity index (χ0n) is 11.8. The van der Waals surface area contributed by atoms with Crippen LogP contribution in [0.2, 0.25) is 0 Å². The van der Waals surface area contributed by atoms with E-state index < -0.39 is 0 Å². The summed E-state index contributed by atoms with van der Waals surface area (Å²) in [7, 11) is 0. The summed E-state index contributed by atoms with van der Waals surface area (Å²) < 4.78 is 5.71. The summed E-state index contributed by atoms with van der Waals surface area (Å²) in [6, 6.07) is 17.4. The van der Waals surface area contributed by atoms with Gasteiger partial charge in [0, 0.05) is 12.0 Å². The smallest absolute Gasteiger partial charge is 0.163 e. The number of hydrogen-bond donors (Lipinski definition) is 0. The molecule has 0 aliphatic rings. The molecule has 0 amide bonds. The zero-order chi connectivity index (χ0) is 14.2. The zero-order valence-corrected chi connectivity index (χ0v) is 11.8. The first-order valence-electron chi connectivity index (χ1n) is 7.10. The average Bonchev–Trinajstić information content (AvgIpc) is 2.52.